The molecule has 0 spiro atoms. The Kier molecular flexibility index (Phi) is 6.29. The van der Waals surface area contributed by atoms with Gasteiger partial charge in [-0.15, -0.1) is 11.3 Å². The van der Waals surface area contributed by atoms with Crippen LogP contribution >= 0.6 is 11.3 Å². The fourth-order valence-corrected chi connectivity index (χ4v) is 4.64. The number of benzene rings is 2. The van der Waals surface area contributed by atoms with Crippen LogP contribution < -0.4 is 10.1 Å². The van der Waals surface area contributed by atoms with Gasteiger partial charge in [0.2, 0.25) is 5.91 Å². The summed E-state index contributed by atoms with van der Waals surface area (Å²) in [7, 11) is -2.24. The van der Waals surface area contributed by atoms with Gasteiger partial charge in [0.25, 0.3) is 0 Å². The van der Waals surface area contributed by atoms with Gasteiger partial charge in [-0.25, -0.2) is 17.8 Å². The molecule has 152 valence electrons. The Morgan fingerprint density at radius 2 is 1.83 bits per heavy atom. The zero-order chi connectivity index (χ0) is 21.0. The van der Waals surface area contributed by atoms with Crippen LogP contribution in [0.2, 0.25) is 0 Å². The minimum Gasteiger partial charge on any atom is -0.497 e. The van der Waals surface area contributed by atoms with Crippen molar-refractivity contribution in [2.24, 2.45) is 0 Å². The van der Waals surface area contributed by atoms with Crippen LogP contribution in [0.15, 0.2) is 53.9 Å². The Hall–Kier alpha value is -2.78. The number of halogens is 1. The van der Waals surface area contributed by atoms with E-state index in [0.29, 0.717) is 27.7 Å². The highest BCUT2D eigenvalue weighted by Gasteiger charge is 2.29. The van der Waals surface area contributed by atoms with E-state index in [0.717, 1.165) is 0 Å². The molecule has 1 unspecified atom stereocenters. The Bertz CT molecular complexity index is 1090. The van der Waals surface area contributed by atoms with Gasteiger partial charge in [-0.1, -0.05) is 0 Å². The summed E-state index contributed by atoms with van der Waals surface area (Å²) in [5.41, 5.74) is 1.52. The van der Waals surface area contributed by atoms with Gasteiger partial charge in [-0.3, -0.25) is 4.79 Å². The molecule has 3 rings (SSSR count). The number of thiazole rings is 1. The van der Waals surface area contributed by atoms with Crippen molar-refractivity contribution < 1.29 is 22.3 Å². The number of aromatic nitrogens is 1. The first-order chi connectivity index (χ1) is 13.8. The summed E-state index contributed by atoms with van der Waals surface area (Å²) in [5.74, 6) is -0.708. The molecule has 1 amide bonds. The standard InChI is InChI=1S/C20H19FN2O4S2/c1-13(19(24)22-16-7-9-18(27-2)10-8-16)29(25,26)12-17-11-28-20(23-17)14-3-5-15(21)6-4-14/h3-11,13H,12H2,1-2H3,(H,22,24). The van der Waals surface area contributed by atoms with E-state index in [2.05, 4.69) is 10.3 Å². The number of hydrogen-bond acceptors (Lipinski definition) is 6. The van der Waals surface area contributed by atoms with Crippen molar-refractivity contribution in [2.45, 2.75) is 17.9 Å². The summed E-state index contributed by atoms with van der Waals surface area (Å²) >= 11 is 1.26. The lowest BCUT2D eigenvalue weighted by atomic mass is 10.2. The predicted molar refractivity (Wildman–Crippen MR) is 111 cm³/mol. The molecular formula is C20H19FN2O4S2. The van der Waals surface area contributed by atoms with E-state index in [1.807, 2.05) is 0 Å². The molecule has 0 fully saturated rings. The minimum atomic E-state index is -3.77. The molecule has 2 aromatic carbocycles. The summed E-state index contributed by atoms with van der Waals surface area (Å²) in [6.45, 7) is 1.35. The third-order valence-electron chi connectivity index (χ3n) is 4.26. The third-order valence-corrected chi connectivity index (χ3v) is 7.19. The molecule has 0 radical (unpaired) electrons. The Morgan fingerprint density at radius 3 is 2.45 bits per heavy atom. The first-order valence-electron chi connectivity index (χ1n) is 8.65. The smallest absolute Gasteiger partial charge is 0.242 e. The number of sulfone groups is 1. The van der Waals surface area contributed by atoms with Gasteiger partial charge in [0.1, 0.15) is 21.8 Å². The maximum atomic E-state index is 13.0. The van der Waals surface area contributed by atoms with Gasteiger partial charge in [-0.05, 0) is 55.5 Å². The SMILES string of the molecule is COc1ccc(NC(=O)C(C)S(=O)(=O)Cc2csc(-c3ccc(F)cc3)n2)cc1. The maximum Gasteiger partial charge on any atom is 0.242 e. The van der Waals surface area contributed by atoms with Crippen molar-refractivity contribution in [3.8, 4) is 16.3 Å². The highest BCUT2D eigenvalue weighted by molar-refractivity contribution is 7.92. The second-order valence-corrected chi connectivity index (χ2v) is 9.50. The van der Waals surface area contributed by atoms with Crippen LogP contribution in [0.25, 0.3) is 10.6 Å². The number of hydrogen-bond donors (Lipinski definition) is 1. The largest absolute Gasteiger partial charge is 0.497 e. The number of carbonyl (C=O) groups excluding carboxylic acids is 1. The van der Waals surface area contributed by atoms with E-state index in [4.69, 9.17) is 4.74 Å². The molecule has 0 aliphatic heterocycles. The van der Waals surface area contributed by atoms with Crippen LogP contribution in [0.3, 0.4) is 0 Å². The van der Waals surface area contributed by atoms with Gasteiger partial charge in [0.15, 0.2) is 9.84 Å². The summed E-state index contributed by atoms with van der Waals surface area (Å²) in [4.78, 5) is 16.7. The maximum absolute atomic E-state index is 13.0. The lowest BCUT2D eigenvalue weighted by Gasteiger charge is -2.13. The highest BCUT2D eigenvalue weighted by atomic mass is 32.2. The summed E-state index contributed by atoms with van der Waals surface area (Å²) < 4.78 is 43.4. The molecular weight excluding hydrogens is 415 g/mol. The monoisotopic (exact) mass is 434 g/mol. The number of methoxy groups -OCH3 is 1. The highest BCUT2D eigenvalue weighted by Crippen LogP contribution is 2.25. The zero-order valence-electron chi connectivity index (χ0n) is 15.8. The van der Waals surface area contributed by atoms with Crippen molar-refractivity contribution in [1.29, 1.82) is 0 Å². The Labute approximate surface area is 172 Å². The molecule has 3 aromatic rings. The van der Waals surface area contributed by atoms with Gasteiger partial charge >= 0.3 is 0 Å². The fourth-order valence-electron chi connectivity index (χ4n) is 2.51. The average molecular weight is 435 g/mol. The topological polar surface area (TPSA) is 85.4 Å². The lowest BCUT2D eigenvalue weighted by molar-refractivity contribution is -0.115. The number of nitrogens with one attached hydrogen (secondary N) is 1. The predicted octanol–water partition coefficient (Wildman–Crippen LogP) is 3.90. The van der Waals surface area contributed by atoms with Gasteiger partial charge in [0.05, 0.1) is 18.6 Å². The van der Waals surface area contributed by atoms with E-state index >= 15 is 0 Å². The van der Waals surface area contributed by atoms with Crippen LogP contribution in [0.5, 0.6) is 5.75 Å². The number of amides is 1. The van der Waals surface area contributed by atoms with Gasteiger partial charge in [0, 0.05) is 16.6 Å². The Morgan fingerprint density at radius 1 is 1.17 bits per heavy atom. The zero-order valence-corrected chi connectivity index (χ0v) is 17.4. The van der Waals surface area contributed by atoms with Crippen molar-refractivity contribution in [3.63, 3.8) is 0 Å². The molecule has 0 bridgehead atoms. The van der Waals surface area contributed by atoms with Gasteiger partial charge < -0.3 is 10.1 Å². The molecule has 1 aromatic heterocycles. The number of anilines is 1. The second-order valence-electron chi connectivity index (χ2n) is 6.32. The summed E-state index contributed by atoms with van der Waals surface area (Å²) in [6, 6.07) is 12.4. The second kappa shape index (κ2) is 8.71. The number of nitrogens with zero attached hydrogens (tertiary/aromatic N) is 1. The molecule has 0 saturated heterocycles. The molecule has 1 heterocycles. The lowest BCUT2D eigenvalue weighted by Crippen LogP contribution is -2.33. The first kappa shape index (κ1) is 20.9. The van der Waals surface area contributed by atoms with E-state index in [9.17, 15) is 17.6 Å². The Balaban J connectivity index is 1.68. The van der Waals surface area contributed by atoms with Crippen LogP contribution in [0.4, 0.5) is 10.1 Å². The molecule has 1 atom stereocenters. The van der Waals surface area contributed by atoms with Gasteiger partial charge in [-0.2, -0.15) is 0 Å². The fraction of sp³-hybridized carbons (Fsp3) is 0.200. The van der Waals surface area contributed by atoms with Crippen LogP contribution in [-0.4, -0.2) is 31.7 Å². The normalized spacial score (nSPS) is 12.4. The van der Waals surface area contributed by atoms with Crippen LogP contribution in [0, 0.1) is 5.82 Å². The van der Waals surface area contributed by atoms with E-state index < -0.39 is 21.0 Å². The van der Waals surface area contributed by atoms with Crippen molar-refractivity contribution in [2.75, 3.05) is 12.4 Å². The number of rotatable bonds is 7. The quantitative estimate of drug-likeness (QED) is 0.610. The molecule has 0 aliphatic carbocycles. The summed E-state index contributed by atoms with van der Waals surface area (Å²) in [5, 5.41) is 3.56. The van der Waals surface area contributed by atoms with E-state index in [-0.39, 0.29) is 11.6 Å². The number of carbonyl (C=O) groups is 1. The molecule has 1 N–H and O–H groups in total. The average Bonchev–Trinajstić information content (AvgIpc) is 3.16. The van der Waals surface area contributed by atoms with Crippen molar-refractivity contribution in [3.05, 3.63) is 65.4 Å². The van der Waals surface area contributed by atoms with Crippen LogP contribution in [-0.2, 0) is 20.4 Å². The number of ether oxygens (including phenoxy) is 1. The van der Waals surface area contributed by atoms with Crippen LogP contribution in [0.1, 0.15) is 12.6 Å². The van der Waals surface area contributed by atoms with E-state index in [1.165, 1.54) is 37.5 Å². The molecule has 29 heavy (non-hydrogen) atoms. The third kappa shape index (κ3) is 5.18. The first-order valence-corrected chi connectivity index (χ1v) is 11.2. The molecule has 6 nitrogen and oxygen atoms in total. The van der Waals surface area contributed by atoms with Crippen molar-refractivity contribution in [1.82, 2.24) is 4.98 Å². The molecule has 9 heteroatoms. The molecule has 0 aliphatic rings. The minimum absolute atomic E-state index is 0.346. The van der Waals surface area contributed by atoms with Crippen molar-refractivity contribution >= 4 is 32.8 Å². The summed E-state index contributed by atoms with van der Waals surface area (Å²) in [6.07, 6.45) is 0. The molecule has 0 saturated carbocycles. The van der Waals surface area contributed by atoms with E-state index in [1.54, 1.807) is 41.8 Å².